The van der Waals surface area contributed by atoms with Crippen LogP contribution in [0.25, 0.3) is 27.5 Å². The molecule has 5 heteroatoms. The average Bonchev–Trinajstić information content (AvgIpc) is 2.91. The summed E-state index contributed by atoms with van der Waals surface area (Å²) in [4.78, 5) is 13.2. The fourth-order valence-electron chi connectivity index (χ4n) is 3.45. The van der Waals surface area contributed by atoms with E-state index in [-0.39, 0.29) is 5.56 Å². The Morgan fingerprint density at radius 3 is 2.60 bits per heavy atom. The fourth-order valence-corrected chi connectivity index (χ4v) is 3.45. The van der Waals surface area contributed by atoms with E-state index in [2.05, 4.69) is 5.10 Å². The number of benzene rings is 2. The molecular weight excluding hydrogens is 314 g/mol. The Kier molecular flexibility index (Phi) is 3.39. The molecule has 0 amide bonds. The Morgan fingerprint density at radius 1 is 1.08 bits per heavy atom. The summed E-state index contributed by atoms with van der Waals surface area (Å²) in [5.74, 6) is 0.766. The maximum absolute atomic E-state index is 13.2. The summed E-state index contributed by atoms with van der Waals surface area (Å²) < 4.78 is 8.77. The number of aryl methyl sites for hydroxylation is 3. The van der Waals surface area contributed by atoms with Crippen molar-refractivity contribution in [3.8, 4) is 11.4 Å². The number of nitrogens with zero attached hydrogens (tertiary/aromatic N) is 3. The number of methoxy groups -OCH3 is 1. The van der Waals surface area contributed by atoms with Gasteiger partial charge in [0.2, 0.25) is 0 Å². The maximum atomic E-state index is 13.2. The zero-order chi connectivity index (χ0) is 17.7. The first-order valence-electron chi connectivity index (χ1n) is 8.14. The predicted octanol–water partition coefficient (Wildman–Crippen LogP) is 3.50. The van der Waals surface area contributed by atoms with Crippen LogP contribution in [0.1, 0.15) is 11.3 Å². The molecule has 2 aromatic carbocycles. The largest absolute Gasteiger partial charge is 0.497 e. The lowest BCUT2D eigenvalue weighted by Crippen LogP contribution is -2.23. The van der Waals surface area contributed by atoms with Crippen molar-refractivity contribution in [2.45, 2.75) is 13.8 Å². The van der Waals surface area contributed by atoms with Gasteiger partial charge in [0.05, 0.1) is 18.5 Å². The third-order valence-corrected chi connectivity index (χ3v) is 4.66. The topological polar surface area (TPSA) is 49.1 Å². The molecule has 0 N–H and O–H groups in total. The van der Waals surface area contributed by atoms with E-state index in [1.807, 2.05) is 67.9 Å². The molecule has 2 aromatic heterocycles. The van der Waals surface area contributed by atoms with E-state index >= 15 is 0 Å². The zero-order valence-corrected chi connectivity index (χ0v) is 14.7. The SMILES string of the molecule is COc1ccc2c(c1)c1c(C)nn(-c3cccc(C)c3)c(=O)c1n2C. The normalized spacial score (nSPS) is 11.4. The fraction of sp³-hybridized carbons (Fsp3) is 0.200. The van der Waals surface area contributed by atoms with Crippen LogP contribution in [-0.4, -0.2) is 21.5 Å². The summed E-state index contributed by atoms with van der Waals surface area (Å²) in [6, 6.07) is 13.6. The van der Waals surface area contributed by atoms with E-state index in [4.69, 9.17) is 4.74 Å². The molecule has 25 heavy (non-hydrogen) atoms. The number of hydrogen-bond donors (Lipinski definition) is 0. The monoisotopic (exact) mass is 333 g/mol. The number of fused-ring (bicyclic) bond motifs is 3. The highest BCUT2D eigenvalue weighted by Gasteiger charge is 2.18. The van der Waals surface area contributed by atoms with E-state index in [0.717, 1.165) is 39.0 Å². The van der Waals surface area contributed by atoms with Crippen molar-refractivity contribution in [1.29, 1.82) is 0 Å². The molecule has 0 spiro atoms. The Bertz CT molecular complexity index is 1190. The third-order valence-electron chi connectivity index (χ3n) is 4.66. The van der Waals surface area contributed by atoms with Crippen LogP contribution in [0, 0.1) is 13.8 Å². The quantitative estimate of drug-likeness (QED) is 0.564. The van der Waals surface area contributed by atoms with Gasteiger partial charge in [0, 0.05) is 23.3 Å². The molecule has 4 aromatic rings. The summed E-state index contributed by atoms with van der Waals surface area (Å²) in [5, 5.41) is 6.44. The molecule has 0 bridgehead atoms. The highest BCUT2D eigenvalue weighted by atomic mass is 16.5. The minimum Gasteiger partial charge on any atom is -0.497 e. The standard InChI is InChI=1S/C20H19N3O2/c1-12-6-5-7-14(10-12)23-20(24)19-18(13(2)21-23)16-11-15(25-4)8-9-17(16)22(19)3/h5-11H,1-4H3. The Labute approximate surface area is 145 Å². The van der Waals surface area contributed by atoms with Gasteiger partial charge in [-0.15, -0.1) is 0 Å². The van der Waals surface area contributed by atoms with Gasteiger partial charge in [-0.05, 0) is 49.7 Å². The highest BCUT2D eigenvalue weighted by molar-refractivity contribution is 6.09. The predicted molar refractivity (Wildman–Crippen MR) is 99.8 cm³/mol. The summed E-state index contributed by atoms with van der Waals surface area (Å²) >= 11 is 0. The van der Waals surface area contributed by atoms with Crippen LogP contribution in [0.3, 0.4) is 0 Å². The van der Waals surface area contributed by atoms with E-state index in [0.29, 0.717) is 5.52 Å². The van der Waals surface area contributed by atoms with E-state index in [9.17, 15) is 4.79 Å². The Hall–Kier alpha value is -3.08. The lowest BCUT2D eigenvalue weighted by atomic mass is 10.1. The van der Waals surface area contributed by atoms with Gasteiger partial charge in [0.15, 0.2) is 0 Å². The molecule has 0 saturated heterocycles. The summed E-state index contributed by atoms with van der Waals surface area (Å²) in [5.41, 5.74) is 4.19. The van der Waals surface area contributed by atoms with Crippen LogP contribution < -0.4 is 10.3 Å². The van der Waals surface area contributed by atoms with Crippen LogP contribution in [0.15, 0.2) is 47.3 Å². The molecule has 0 fully saturated rings. The number of rotatable bonds is 2. The molecule has 0 aliphatic heterocycles. The Balaban J connectivity index is 2.15. The molecule has 0 saturated carbocycles. The summed E-state index contributed by atoms with van der Waals surface area (Å²) in [6.07, 6.45) is 0. The first-order valence-corrected chi connectivity index (χ1v) is 8.14. The highest BCUT2D eigenvalue weighted by Crippen LogP contribution is 2.31. The third kappa shape index (κ3) is 2.23. The van der Waals surface area contributed by atoms with Crippen LogP contribution in [0.2, 0.25) is 0 Å². The van der Waals surface area contributed by atoms with Gasteiger partial charge in [-0.3, -0.25) is 4.79 Å². The molecule has 0 unspecified atom stereocenters. The first kappa shape index (κ1) is 15.4. The van der Waals surface area contributed by atoms with Crippen LogP contribution in [0.4, 0.5) is 0 Å². The number of aromatic nitrogens is 3. The van der Waals surface area contributed by atoms with Crippen molar-refractivity contribution in [1.82, 2.24) is 14.3 Å². The van der Waals surface area contributed by atoms with Crippen LogP contribution in [0.5, 0.6) is 5.75 Å². The molecule has 2 heterocycles. The van der Waals surface area contributed by atoms with Crippen molar-refractivity contribution in [2.75, 3.05) is 7.11 Å². The summed E-state index contributed by atoms with van der Waals surface area (Å²) in [6.45, 7) is 3.94. The minimum absolute atomic E-state index is 0.121. The first-order chi connectivity index (χ1) is 12.0. The molecule has 126 valence electrons. The van der Waals surface area contributed by atoms with E-state index < -0.39 is 0 Å². The second kappa shape index (κ2) is 5.48. The van der Waals surface area contributed by atoms with Crippen LogP contribution in [-0.2, 0) is 7.05 Å². The van der Waals surface area contributed by atoms with Gasteiger partial charge in [-0.25, -0.2) is 0 Å². The van der Waals surface area contributed by atoms with Crippen molar-refractivity contribution < 1.29 is 4.74 Å². The molecule has 0 aliphatic rings. The van der Waals surface area contributed by atoms with Gasteiger partial charge in [0.25, 0.3) is 5.56 Å². The van der Waals surface area contributed by atoms with E-state index in [1.54, 1.807) is 7.11 Å². The number of ether oxygens (including phenoxy) is 1. The molecule has 0 atom stereocenters. The smallest absolute Gasteiger partial charge is 0.296 e. The zero-order valence-electron chi connectivity index (χ0n) is 14.7. The number of hydrogen-bond acceptors (Lipinski definition) is 3. The van der Waals surface area contributed by atoms with Crippen molar-refractivity contribution in [2.24, 2.45) is 7.05 Å². The lowest BCUT2D eigenvalue weighted by Gasteiger charge is -2.08. The van der Waals surface area contributed by atoms with E-state index in [1.165, 1.54) is 4.68 Å². The second-order valence-corrected chi connectivity index (χ2v) is 6.31. The molecule has 5 nitrogen and oxygen atoms in total. The minimum atomic E-state index is -0.121. The van der Waals surface area contributed by atoms with Gasteiger partial charge >= 0.3 is 0 Å². The molecule has 0 aliphatic carbocycles. The van der Waals surface area contributed by atoms with Gasteiger partial charge in [0.1, 0.15) is 11.3 Å². The Morgan fingerprint density at radius 2 is 1.88 bits per heavy atom. The van der Waals surface area contributed by atoms with Crippen molar-refractivity contribution in [3.05, 3.63) is 64.1 Å². The van der Waals surface area contributed by atoms with Crippen molar-refractivity contribution in [3.63, 3.8) is 0 Å². The molecule has 4 rings (SSSR count). The van der Waals surface area contributed by atoms with Gasteiger partial charge in [-0.2, -0.15) is 9.78 Å². The van der Waals surface area contributed by atoms with Crippen molar-refractivity contribution >= 4 is 21.8 Å². The maximum Gasteiger partial charge on any atom is 0.296 e. The average molecular weight is 333 g/mol. The van der Waals surface area contributed by atoms with Gasteiger partial charge < -0.3 is 9.30 Å². The molecular formula is C20H19N3O2. The second-order valence-electron chi connectivity index (χ2n) is 6.31. The molecule has 0 radical (unpaired) electrons. The summed E-state index contributed by atoms with van der Waals surface area (Å²) in [7, 11) is 3.56. The van der Waals surface area contributed by atoms with Gasteiger partial charge in [-0.1, -0.05) is 12.1 Å². The van der Waals surface area contributed by atoms with Crippen LogP contribution >= 0.6 is 0 Å². The lowest BCUT2D eigenvalue weighted by molar-refractivity contribution is 0.415.